The zero-order valence-corrected chi connectivity index (χ0v) is 15.9. The monoisotopic (exact) mass is 368 g/mol. The fourth-order valence-electron chi connectivity index (χ4n) is 5.57. The number of fused-ring (bicyclic) bond motifs is 2. The molecule has 2 unspecified atom stereocenters. The topological polar surface area (TPSA) is 55.8 Å². The molecule has 5 rings (SSSR count). The van der Waals surface area contributed by atoms with E-state index in [2.05, 4.69) is 13.1 Å². The third kappa shape index (κ3) is 2.07. The Bertz CT molecular complexity index is 845. The van der Waals surface area contributed by atoms with Gasteiger partial charge in [0.05, 0.1) is 43.3 Å². The lowest BCUT2D eigenvalue weighted by Crippen LogP contribution is -2.62. The Balaban J connectivity index is 1.51. The molecule has 1 aromatic rings. The maximum Gasteiger partial charge on any atom is 0.498 e. The highest BCUT2D eigenvalue weighted by atomic mass is 16.6. The Morgan fingerprint density at radius 1 is 1.15 bits per heavy atom. The van der Waals surface area contributed by atoms with Crippen molar-refractivity contribution >= 4 is 24.2 Å². The van der Waals surface area contributed by atoms with E-state index in [1.54, 1.807) is 0 Å². The molecule has 0 N–H and O–H groups in total. The molecule has 1 aromatic carbocycles. The van der Waals surface area contributed by atoms with Crippen molar-refractivity contribution in [2.75, 3.05) is 38.3 Å². The van der Waals surface area contributed by atoms with Gasteiger partial charge >= 0.3 is 6.69 Å². The molecule has 4 aliphatic rings. The van der Waals surface area contributed by atoms with E-state index in [-0.39, 0.29) is 17.7 Å². The first-order chi connectivity index (χ1) is 12.9. The van der Waals surface area contributed by atoms with Gasteiger partial charge in [-0.15, -0.1) is 11.5 Å². The first kappa shape index (κ1) is 17.2. The number of nitrogens with zero attached hydrogens (tertiary/aromatic N) is 2. The van der Waals surface area contributed by atoms with Gasteiger partial charge < -0.3 is 13.7 Å². The summed E-state index contributed by atoms with van der Waals surface area (Å²) in [5, 5.41) is 0. The third-order valence-electron chi connectivity index (χ3n) is 7.40. The average molecular weight is 368 g/mol. The molecule has 27 heavy (non-hydrogen) atoms. The molecular weight excluding hydrogens is 343 g/mol. The lowest BCUT2D eigenvalue weighted by atomic mass is 9.53. The van der Waals surface area contributed by atoms with Gasteiger partial charge in [0.2, 0.25) is 11.8 Å². The highest BCUT2D eigenvalue weighted by molar-refractivity contribution is 6.69. The van der Waals surface area contributed by atoms with Crippen LogP contribution in [0.25, 0.3) is 0 Å². The standard InChI is InChI=1S/C20H25BN2O4/c1-20-9-8-15(21-23(2,10-12-26-21)11-13-27-21)14-17(20)18(24)22(19(20)25)16-6-4-3-5-7-16/h3-8,17H,9-14H2,1-2H3. The first-order valence-corrected chi connectivity index (χ1v) is 9.80. The summed E-state index contributed by atoms with van der Waals surface area (Å²) < 4.78 is 13.2. The van der Waals surface area contributed by atoms with Crippen molar-refractivity contribution in [2.24, 2.45) is 11.3 Å². The summed E-state index contributed by atoms with van der Waals surface area (Å²) in [6.45, 7) is 3.58. The molecule has 2 amide bonds. The molecule has 0 spiro atoms. The van der Waals surface area contributed by atoms with E-state index in [0.717, 1.165) is 23.0 Å². The van der Waals surface area contributed by atoms with Crippen LogP contribution in [0, 0.1) is 11.3 Å². The second-order valence-corrected chi connectivity index (χ2v) is 8.81. The van der Waals surface area contributed by atoms with E-state index in [0.29, 0.717) is 31.7 Å². The second kappa shape index (κ2) is 5.53. The van der Waals surface area contributed by atoms with E-state index < -0.39 is 12.1 Å². The van der Waals surface area contributed by atoms with Gasteiger partial charge in [0.15, 0.2) is 0 Å². The summed E-state index contributed by atoms with van der Waals surface area (Å²) in [4.78, 5) is 27.9. The molecular formula is C20H25BN2O4. The fraction of sp³-hybridized carbons (Fsp3) is 0.500. The van der Waals surface area contributed by atoms with Crippen molar-refractivity contribution in [2.45, 2.75) is 19.8 Å². The fourth-order valence-corrected chi connectivity index (χ4v) is 5.57. The van der Waals surface area contributed by atoms with E-state index in [4.69, 9.17) is 9.31 Å². The number of imide groups is 1. The Kier molecular flexibility index (Phi) is 3.52. The number of hydrogen-bond acceptors (Lipinski definition) is 4. The van der Waals surface area contributed by atoms with Gasteiger partial charge in [0.25, 0.3) is 0 Å². The Morgan fingerprint density at radius 3 is 2.48 bits per heavy atom. The van der Waals surface area contributed by atoms with Crippen molar-refractivity contribution < 1.29 is 23.3 Å². The van der Waals surface area contributed by atoms with Gasteiger partial charge in [-0.1, -0.05) is 18.2 Å². The molecule has 1 aliphatic carbocycles. The van der Waals surface area contributed by atoms with Crippen LogP contribution in [-0.4, -0.2) is 56.2 Å². The second-order valence-electron chi connectivity index (χ2n) is 8.81. The average Bonchev–Trinajstić information content (AvgIpc) is 3.22. The van der Waals surface area contributed by atoms with Crippen molar-refractivity contribution in [3.63, 3.8) is 0 Å². The maximum absolute atomic E-state index is 13.3. The minimum atomic E-state index is -1.57. The van der Waals surface area contributed by atoms with Crippen LogP contribution in [0.3, 0.4) is 0 Å². The number of carbonyl (C=O) groups is 2. The van der Waals surface area contributed by atoms with Crippen LogP contribution in [0.2, 0.25) is 0 Å². The van der Waals surface area contributed by atoms with Crippen molar-refractivity contribution in [1.29, 1.82) is 0 Å². The number of anilines is 1. The molecule has 0 aromatic heterocycles. The summed E-state index contributed by atoms with van der Waals surface area (Å²) >= 11 is 0. The SMILES string of the molecule is CC12CC=C([B-]34OCC[N+]3(C)CCO4)CC1C(=O)N(c1ccccc1)C2=O. The first-order valence-electron chi connectivity index (χ1n) is 9.80. The van der Waals surface area contributed by atoms with Crippen LogP contribution in [0.1, 0.15) is 19.8 Å². The lowest BCUT2D eigenvalue weighted by Gasteiger charge is -2.47. The summed E-state index contributed by atoms with van der Waals surface area (Å²) in [5.74, 6) is -0.555. The maximum atomic E-state index is 13.3. The molecule has 3 aliphatic heterocycles. The molecule has 3 heterocycles. The van der Waals surface area contributed by atoms with Gasteiger partial charge in [-0.25, -0.2) is 4.90 Å². The number of quaternary nitrogens is 1. The van der Waals surface area contributed by atoms with Crippen LogP contribution in [0.5, 0.6) is 0 Å². The predicted molar refractivity (Wildman–Crippen MR) is 101 cm³/mol. The Hall–Kier alpha value is -1.96. The van der Waals surface area contributed by atoms with Crippen LogP contribution >= 0.6 is 0 Å². The number of hydrogen-bond donors (Lipinski definition) is 0. The van der Waals surface area contributed by atoms with Gasteiger partial charge in [0, 0.05) is 7.05 Å². The summed E-state index contributed by atoms with van der Waals surface area (Å²) in [6.07, 6.45) is 3.22. The third-order valence-corrected chi connectivity index (χ3v) is 7.40. The molecule has 0 bridgehead atoms. The number of para-hydroxylation sites is 1. The summed E-state index contributed by atoms with van der Waals surface area (Å²) in [7, 11) is 2.19. The van der Waals surface area contributed by atoms with Crippen molar-refractivity contribution in [1.82, 2.24) is 0 Å². The van der Waals surface area contributed by atoms with Crippen molar-refractivity contribution in [3.8, 4) is 0 Å². The highest BCUT2D eigenvalue weighted by Gasteiger charge is 2.63. The molecule has 142 valence electrons. The number of amides is 2. The van der Waals surface area contributed by atoms with E-state index in [1.807, 2.05) is 37.3 Å². The number of allylic oxidation sites excluding steroid dienone is 2. The van der Waals surface area contributed by atoms with Gasteiger partial charge in [0.1, 0.15) is 0 Å². The van der Waals surface area contributed by atoms with E-state index in [1.165, 1.54) is 4.90 Å². The highest BCUT2D eigenvalue weighted by Crippen LogP contribution is 2.52. The van der Waals surface area contributed by atoms with Gasteiger partial charge in [-0.3, -0.25) is 9.59 Å². The zero-order chi connectivity index (χ0) is 18.9. The molecule has 0 saturated carbocycles. The number of rotatable bonds is 2. The van der Waals surface area contributed by atoms with Crippen LogP contribution in [0.15, 0.2) is 41.9 Å². The Labute approximate surface area is 159 Å². The minimum absolute atomic E-state index is 0.0964. The molecule has 3 fully saturated rings. The van der Waals surface area contributed by atoms with Crippen LogP contribution in [0.4, 0.5) is 5.69 Å². The summed E-state index contributed by atoms with van der Waals surface area (Å²) in [6, 6.07) is 9.24. The van der Waals surface area contributed by atoms with Crippen molar-refractivity contribution in [3.05, 3.63) is 41.9 Å². The smallest absolute Gasteiger partial charge is 0.498 e. The molecule has 0 radical (unpaired) electrons. The predicted octanol–water partition coefficient (Wildman–Crippen LogP) is 1.89. The van der Waals surface area contributed by atoms with E-state index in [9.17, 15) is 9.59 Å². The van der Waals surface area contributed by atoms with E-state index >= 15 is 0 Å². The van der Waals surface area contributed by atoms with Gasteiger partial charge in [-0.05, 0) is 31.9 Å². The number of carbonyl (C=O) groups excluding carboxylic acids is 2. The minimum Gasteiger partial charge on any atom is -0.506 e. The zero-order valence-electron chi connectivity index (χ0n) is 15.9. The normalized spacial score (nSPS) is 40.9. The van der Waals surface area contributed by atoms with Crippen LogP contribution in [-0.2, 0) is 18.9 Å². The lowest BCUT2D eigenvalue weighted by molar-refractivity contribution is -0.799. The number of benzene rings is 1. The quantitative estimate of drug-likeness (QED) is 0.591. The molecule has 3 saturated heterocycles. The molecule has 7 heteroatoms. The molecule has 6 nitrogen and oxygen atoms in total. The van der Waals surface area contributed by atoms with Gasteiger partial charge in [-0.2, -0.15) is 0 Å². The summed E-state index contributed by atoms with van der Waals surface area (Å²) in [5.41, 5.74) is 1.05. The number of likely N-dealkylation sites (N-methyl/N-ethyl adjacent to an activating group) is 1. The van der Waals surface area contributed by atoms with Crippen LogP contribution < -0.4 is 4.90 Å². The Morgan fingerprint density at radius 2 is 1.81 bits per heavy atom. The molecule has 2 atom stereocenters. The largest absolute Gasteiger partial charge is 0.506 e.